The summed E-state index contributed by atoms with van der Waals surface area (Å²) in [6, 6.07) is 0. The fraction of sp³-hybridized carbons (Fsp3) is 0.750. The standard InChI is InChI=1S/C8H8Cl8/c1-2-3-4(9)7(13,14)8(15,16)5(10)6(11)12/h4H,2-3H2,1H3. The Morgan fingerprint density at radius 3 is 1.81 bits per heavy atom. The number of alkyl halides is 5. The van der Waals surface area contributed by atoms with Crippen LogP contribution in [0.1, 0.15) is 19.8 Å². The van der Waals surface area contributed by atoms with E-state index in [0.717, 1.165) is 6.42 Å². The molecule has 0 aromatic carbocycles. The lowest BCUT2D eigenvalue weighted by atomic mass is 10.1. The lowest BCUT2D eigenvalue weighted by molar-refractivity contribution is 0.626. The van der Waals surface area contributed by atoms with E-state index in [0.29, 0.717) is 6.42 Å². The lowest BCUT2D eigenvalue weighted by Crippen LogP contribution is -2.44. The van der Waals surface area contributed by atoms with Crippen molar-refractivity contribution in [1.29, 1.82) is 0 Å². The van der Waals surface area contributed by atoms with Gasteiger partial charge in [0, 0.05) is 0 Å². The van der Waals surface area contributed by atoms with Crippen molar-refractivity contribution >= 4 is 92.8 Å². The van der Waals surface area contributed by atoms with Crippen LogP contribution in [0.5, 0.6) is 0 Å². The molecule has 0 rings (SSSR count). The molecular formula is C8H8Cl8. The average molecular weight is 388 g/mol. The molecule has 0 spiro atoms. The Balaban J connectivity index is 5.21. The van der Waals surface area contributed by atoms with Crippen LogP contribution >= 0.6 is 92.8 Å². The molecule has 0 aromatic heterocycles. The summed E-state index contributed by atoms with van der Waals surface area (Å²) >= 11 is 46.7. The van der Waals surface area contributed by atoms with Gasteiger partial charge in [-0.05, 0) is 6.42 Å². The Labute approximate surface area is 135 Å². The van der Waals surface area contributed by atoms with Crippen molar-refractivity contribution in [3.05, 3.63) is 9.52 Å². The van der Waals surface area contributed by atoms with Crippen LogP contribution in [0, 0.1) is 0 Å². The molecule has 0 amide bonds. The first-order valence-corrected chi connectivity index (χ1v) is 7.28. The van der Waals surface area contributed by atoms with Crippen molar-refractivity contribution in [2.75, 3.05) is 0 Å². The highest BCUT2D eigenvalue weighted by molar-refractivity contribution is 6.70. The summed E-state index contributed by atoms with van der Waals surface area (Å²) in [5.41, 5.74) is 0. The molecule has 0 aliphatic heterocycles. The first kappa shape index (κ1) is 18.1. The molecule has 0 fully saturated rings. The minimum atomic E-state index is -1.88. The Kier molecular flexibility index (Phi) is 7.91. The Bertz CT molecular complexity index is 265. The highest BCUT2D eigenvalue weighted by Crippen LogP contribution is 2.54. The van der Waals surface area contributed by atoms with Gasteiger partial charge in [-0.15, -0.1) is 11.6 Å². The predicted molar refractivity (Wildman–Crippen MR) is 78.0 cm³/mol. The minimum absolute atomic E-state index is 0.258. The fourth-order valence-corrected chi connectivity index (χ4v) is 2.97. The molecule has 1 unspecified atom stereocenters. The maximum absolute atomic E-state index is 6.03. The van der Waals surface area contributed by atoms with E-state index in [-0.39, 0.29) is 9.52 Å². The molecule has 0 saturated carbocycles. The molecule has 0 bridgehead atoms. The average Bonchev–Trinajstić information content (AvgIpc) is 2.16. The minimum Gasteiger partial charge on any atom is -0.120 e. The fourth-order valence-electron chi connectivity index (χ4n) is 0.896. The third kappa shape index (κ3) is 4.03. The van der Waals surface area contributed by atoms with Crippen molar-refractivity contribution < 1.29 is 0 Å². The molecule has 96 valence electrons. The highest BCUT2D eigenvalue weighted by atomic mass is 35.5. The molecular weight excluding hydrogens is 380 g/mol. The van der Waals surface area contributed by atoms with Crippen LogP contribution in [0.2, 0.25) is 0 Å². The predicted octanol–water partition coefficient (Wildman–Crippen LogP) is 6.63. The maximum atomic E-state index is 6.03. The van der Waals surface area contributed by atoms with Crippen LogP contribution in [-0.2, 0) is 0 Å². The van der Waals surface area contributed by atoms with Gasteiger partial charge in [0.1, 0.15) is 4.49 Å². The SMILES string of the molecule is CCCC(Cl)C(Cl)(Cl)C(Cl)(Cl)C(Cl)=C(Cl)Cl. The van der Waals surface area contributed by atoms with Crippen molar-refractivity contribution in [2.45, 2.75) is 33.8 Å². The summed E-state index contributed by atoms with van der Waals surface area (Å²) in [5.74, 6) is 0. The van der Waals surface area contributed by atoms with E-state index in [4.69, 9.17) is 92.8 Å². The van der Waals surface area contributed by atoms with E-state index in [1.807, 2.05) is 6.92 Å². The van der Waals surface area contributed by atoms with Gasteiger partial charge in [-0.3, -0.25) is 0 Å². The smallest absolute Gasteiger partial charge is 0.120 e. The van der Waals surface area contributed by atoms with E-state index in [9.17, 15) is 0 Å². The molecule has 0 aliphatic rings. The summed E-state index contributed by atoms with van der Waals surface area (Å²) in [4.78, 5) is 0. The molecule has 0 heterocycles. The van der Waals surface area contributed by atoms with Gasteiger partial charge in [-0.2, -0.15) is 0 Å². The van der Waals surface area contributed by atoms with Crippen LogP contribution in [-0.4, -0.2) is 14.0 Å². The summed E-state index contributed by atoms with van der Waals surface area (Å²) in [7, 11) is 0. The zero-order chi connectivity index (χ0) is 13.1. The maximum Gasteiger partial charge on any atom is 0.189 e. The van der Waals surface area contributed by atoms with Crippen molar-refractivity contribution in [1.82, 2.24) is 0 Å². The van der Waals surface area contributed by atoms with Gasteiger partial charge >= 0.3 is 0 Å². The Hall–Kier alpha value is 2.06. The van der Waals surface area contributed by atoms with E-state index >= 15 is 0 Å². The highest BCUT2D eigenvalue weighted by Gasteiger charge is 2.54. The monoisotopic (exact) mass is 384 g/mol. The van der Waals surface area contributed by atoms with E-state index < -0.39 is 14.0 Å². The molecule has 8 heteroatoms. The Morgan fingerprint density at radius 2 is 1.50 bits per heavy atom. The van der Waals surface area contributed by atoms with Gasteiger partial charge in [0.15, 0.2) is 8.67 Å². The third-order valence-corrected chi connectivity index (χ3v) is 6.26. The second-order valence-electron chi connectivity index (χ2n) is 3.03. The summed E-state index contributed by atoms with van der Waals surface area (Å²) in [6.45, 7) is 1.91. The van der Waals surface area contributed by atoms with Crippen LogP contribution in [0.25, 0.3) is 0 Å². The second-order valence-corrected chi connectivity index (χ2v) is 7.60. The molecule has 16 heavy (non-hydrogen) atoms. The van der Waals surface area contributed by atoms with Crippen LogP contribution < -0.4 is 0 Å². The summed E-state index contributed by atoms with van der Waals surface area (Å²) in [5, 5.41) is -0.955. The molecule has 0 nitrogen and oxygen atoms in total. The van der Waals surface area contributed by atoms with Crippen molar-refractivity contribution in [3.8, 4) is 0 Å². The van der Waals surface area contributed by atoms with E-state index in [2.05, 4.69) is 0 Å². The van der Waals surface area contributed by atoms with E-state index in [1.165, 1.54) is 0 Å². The zero-order valence-corrected chi connectivity index (χ0v) is 14.1. The number of halogens is 8. The van der Waals surface area contributed by atoms with Gasteiger partial charge in [-0.1, -0.05) is 94.6 Å². The molecule has 0 saturated heterocycles. The molecule has 0 aromatic rings. The molecule has 0 radical (unpaired) electrons. The largest absolute Gasteiger partial charge is 0.189 e. The second kappa shape index (κ2) is 7.01. The first-order chi connectivity index (χ1) is 7.09. The van der Waals surface area contributed by atoms with Gasteiger partial charge < -0.3 is 0 Å². The van der Waals surface area contributed by atoms with Gasteiger partial charge in [-0.25, -0.2) is 0 Å². The van der Waals surface area contributed by atoms with Gasteiger partial charge in [0.25, 0.3) is 0 Å². The number of hydrogen-bond acceptors (Lipinski definition) is 0. The van der Waals surface area contributed by atoms with Crippen molar-refractivity contribution in [3.63, 3.8) is 0 Å². The van der Waals surface area contributed by atoms with Crippen molar-refractivity contribution in [2.24, 2.45) is 0 Å². The zero-order valence-electron chi connectivity index (χ0n) is 8.02. The topological polar surface area (TPSA) is 0 Å². The van der Waals surface area contributed by atoms with E-state index in [1.54, 1.807) is 0 Å². The normalized spacial score (nSPS) is 14.8. The molecule has 0 N–H and O–H groups in total. The van der Waals surface area contributed by atoms with Crippen LogP contribution in [0.3, 0.4) is 0 Å². The molecule has 0 aliphatic carbocycles. The Morgan fingerprint density at radius 1 is 1.06 bits per heavy atom. The van der Waals surface area contributed by atoms with Crippen LogP contribution in [0.15, 0.2) is 9.52 Å². The van der Waals surface area contributed by atoms with Gasteiger partial charge in [0.2, 0.25) is 0 Å². The lowest BCUT2D eigenvalue weighted by Gasteiger charge is -2.35. The van der Waals surface area contributed by atoms with Crippen LogP contribution in [0.4, 0.5) is 0 Å². The summed E-state index contributed by atoms with van der Waals surface area (Å²) in [6.07, 6.45) is 1.27. The third-order valence-electron chi connectivity index (χ3n) is 1.80. The number of hydrogen-bond donors (Lipinski definition) is 0. The number of allylic oxidation sites excluding steroid dienone is 1. The first-order valence-electron chi connectivity index (χ1n) is 4.20. The molecule has 1 atom stereocenters. The van der Waals surface area contributed by atoms with Gasteiger partial charge in [0.05, 0.1) is 10.4 Å². The quantitative estimate of drug-likeness (QED) is 0.464. The summed E-state index contributed by atoms with van der Waals surface area (Å²) < 4.78 is -3.89. The number of rotatable bonds is 5.